The van der Waals surface area contributed by atoms with Crippen LogP contribution in [-0.2, 0) is 16.6 Å². The van der Waals surface area contributed by atoms with Crippen molar-refractivity contribution in [1.82, 2.24) is 9.71 Å². The number of aryl methyl sites for hydroxylation is 1. The molecule has 1 saturated carbocycles. The lowest BCUT2D eigenvalue weighted by Crippen LogP contribution is -2.25. The second-order valence-electron chi connectivity index (χ2n) is 6.50. The smallest absolute Gasteiger partial charge is 0.289 e. The van der Waals surface area contributed by atoms with Crippen LogP contribution in [0.15, 0.2) is 41.4 Å². The number of sulfonamides is 1. The molecule has 1 aliphatic rings. The first-order chi connectivity index (χ1) is 12.9. The molecule has 1 fully saturated rings. The number of nitrogens with one attached hydrogen (secondary N) is 1. The van der Waals surface area contributed by atoms with Crippen LogP contribution >= 0.6 is 0 Å². The van der Waals surface area contributed by atoms with E-state index in [0.29, 0.717) is 17.0 Å². The number of rotatable bonds is 7. The first-order valence-corrected chi connectivity index (χ1v) is 10.2. The molecule has 0 atom stereocenters. The van der Waals surface area contributed by atoms with Crippen LogP contribution in [0, 0.1) is 17.0 Å². The van der Waals surface area contributed by atoms with E-state index in [1.807, 2.05) is 0 Å². The van der Waals surface area contributed by atoms with Crippen molar-refractivity contribution in [2.24, 2.45) is 0 Å². The maximum atomic E-state index is 12.7. The largest absolute Gasteiger partial charge is 0.474 e. The van der Waals surface area contributed by atoms with E-state index in [1.165, 1.54) is 25.1 Å². The number of benzene rings is 1. The van der Waals surface area contributed by atoms with Gasteiger partial charge in [-0.15, -0.1) is 0 Å². The molecule has 1 N–H and O–H groups in total. The van der Waals surface area contributed by atoms with Crippen LogP contribution in [0.25, 0.3) is 0 Å². The molecule has 144 valence electrons. The molecule has 0 unspecified atom stereocenters. The fourth-order valence-electron chi connectivity index (χ4n) is 3.20. The molecule has 0 bridgehead atoms. The Morgan fingerprint density at radius 1 is 1.26 bits per heavy atom. The summed E-state index contributed by atoms with van der Waals surface area (Å²) in [5.74, 6) is 0.395. The summed E-state index contributed by atoms with van der Waals surface area (Å²) in [6.45, 7) is 1.46. The highest BCUT2D eigenvalue weighted by Crippen LogP contribution is 2.28. The normalized spacial score (nSPS) is 15.0. The van der Waals surface area contributed by atoms with Gasteiger partial charge in [-0.2, -0.15) is 0 Å². The van der Waals surface area contributed by atoms with Gasteiger partial charge in [-0.05, 0) is 44.2 Å². The number of pyridine rings is 1. The third-order valence-electron chi connectivity index (χ3n) is 4.54. The summed E-state index contributed by atoms with van der Waals surface area (Å²) in [7, 11) is -4.08. The third-order valence-corrected chi connectivity index (χ3v) is 6.13. The van der Waals surface area contributed by atoms with Gasteiger partial charge in [0.05, 0.1) is 4.92 Å². The predicted octanol–water partition coefficient (Wildman–Crippen LogP) is 3.10. The van der Waals surface area contributed by atoms with Crippen molar-refractivity contribution in [3.63, 3.8) is 0 Å². The van der Waals surface area contributed by atoms with Gasteiger partial charge in [0.15, 0.2) is 4.90 Å². The van der Waals surface area contributed by atoms with Gasteiger partial charge in [0, 0.05) is 24.4 Å². The Labute approximate surface area is 157 Å². The van der Waals surface area contributed by atoms with Crippen molar-refractivity contribution in [1.29, 1.82) is 0 Å². The van der Waals surface area contributed by atoms with E-state index in [1.54, 1.807) is 18.3 Å². The molecule has 1 aromatic heterocycles. The Kier molecular flexibility index (Phi) is 5.71. The summed E-state index contributed by atoms with van der Waals surface area (Å²) in [4.78, 5) is 14.4. The lowest BCUT2D eigenvalue weighted by atomic mass is 10.2. The number of nitro groups is 1. The van der Waals surface area contributed by atoms with Crippen molar-refractivity contribution in [2.45, 2.75) is 50.2 Å². The second-order valence-corrected chi connectivity index (χ2v) is 8.20. The number of aromatic nitrogens is 1. The van der Waals surface area contributed by atoms with Crippen molar-refractivity contribution >= 4 is 15.7 Å². The minimum absolute atomic E-state index is 0.0658. The van der Waals surface area contributed by atoms with Crippen LogP contribution < -0.4 is 9.46 Å². The molecule has 1 heterocycles. The molecular formula is C18H21N3O5S. The molecule has 0 aliphatic heterocycles. The lowest BCUT2D eigenvalue weighted by molar-refractivity contribution is -0.387. The summed E-state index contributed by atoms with van der Waals surface area (Å²) < 4.78 is 33.8. The van der Waals surface area contributed by atoms with Gasteiger partial charge < -0.3 is 4.74 Å². The molecule has 8 nitrogen and oxygen atoms in total. The number of hydrogen-bond donors (Lipinski definition) is 1. The summed E-state index contributed by atoms with van der Waals surface area (Å²) in [6.07, 6.45) is 5.81. The number of ether oxygens (including phenoxy) is 1. The SMILES string of the molecule is Cc1cccc([N+](=O)[O-])c1S(=O)(=O)NCc1cccnc1OC1CCCC1. The van der Waals surface area contributed by atoms with Crippen LogP contribution in [0.2, 0.25) is 0 Å². The zero-order chi connectivity index (χ0) is 19.4. The van der Waals surface area contributed by atoms with Crippen LogP contribution in [0.5, 0.6) is 5.88 Å². The van der Waals surface area contributed by atoms with Crippen molar-refractivity contribution in [3.05, 3.63) is 57.8 Å². The van der Waals surface area contributed by atoms with Crippen molar-refractivity contribution in [2.75, 3.05) is 0 Å². The Morgan fingerprint density at radius 3 is 2.70 bits per heavy atom. The summed E-state index contributed by atoms with van der Waals surface area (Å²) >= 11 is 0. The van der Waals surface area contributed by atoms with Crippen molar-refractivity contribution in [3.8, 4) is 5.88 Å². The number of nitro benzene ring substituents is 1. The van der Waals surface area contributed by atoms with E-state index in [9.17, 15) is 18.5 Å². The van der Waals surface area contributed by atoms with Gasteiger partial charge in [-0.1, -0.05) is 18.2 Å². The van der Waals surface area contributed by atoms with Crippen molar-refractivity contribution < 1.29 is 18.1 Å². The molecule has 27 heavy (non-hydrogen) atoms. The fraction of sp³-hybridized carbons (Fsp3) is 0.389. The third kappa shape index (κ3) is 4.42. The molecule has 9 heteroatoms. The molecule has 1 aliphatic carbocycles. The van der Waals surface area contributed by atoms with Crippen LogP contribution in [0.1, 0.15) is 36.8 Å². The van der Waals surface area contributed by atoms with E-state index in [4.69, 9.17) is 4.74 Å². The van der Waals surface area contributed by atoms with Gasteiger partial charge in [-0.25, -0.2) is 18.1 Å². The van der Waals surface area contributed by atoms with E-state index >= 15 is 0 Å². The van der Waals surface area contributed by atoms with E-state index in [-0.39, 0.29) is 17.5 Å². The van der Waals surface area contributed by atoms with Crippen LogP contribution in [0.3, 0.4) is 0 Å². The molecule has 1 aromatic carbocycles. The molecule has 0 saturated heterocycles. The first kappa shape index (κ1) is 19.2. The fourth-order valence-corrected chi connectivity index (χ4v) is 4.60. The number of hydrogen-bond acceptors (Lipinski definition) is 6. The molecule has 0 spiro atoms. The van der Waals surface area contributed by atoms with Gasteiger partial charge in [0.2, 0.25) is 15.9 Å². The standard InChI is InChI=1S/C18H21N3O5S/c1-13-6-4-10-16(21(22)23)17(13)27(24,25)20-12-14-7-5-11-19-18(14)26-15-8-2-3-9-15/h4-7,10-11,15,20H,2-3,8-9,12H2,1H3. The predicted molar refractivity (Wildman–Crippen MR) is 99.0 cm³/mol. The Balaban J connectivity index is 1.82. The van der Waals surface area contributed by atoms with Gasteiger partial charge in [0.1, 0.15) is 6.10 Å². The molecule has 0 amide bonds. The zero-order valence-electron chi connectivity index (χ0n) is 14.9. The molecule has 2 aromatic rings. The Bertz CT molecular complexity index is 940. The average molecular weight is 391 g/mol. The van der Waals surface area contributed by atoms with E-state index < -0.39 is 20.6 Å². The average Bonchev–Trinajstić information content (AvgIpc) is 3.13. The highest BCUT2D eigenvalue weighted by atomic mass is 32.2. The van der Waals surface area contributed by atoms with Gasteiger partial charge in [0.25, 0.3) is 5.69 Å². The topological polar surface area (TPSA) is 111 Å². The molecule has 0 radical (unpaired) electrons. The minimum atomic E-state index is -4.08. The molecular weight excluding hydrogens is 370 g/mol. The second kappa shape index (κ2) is 8.01. The van der Waals surface area contributed by atoms with Gasteiger partial charge >= 0.3 is 0 Å². The molecule has 3 rings (SSSR count). The van der Waals surface area contributed by atoms with E-state index in [2.05, 4.69) is 9.71 Å². The first-order valence-electron chi connectivity index (χ1n) is 8.72. The van der Waals surface area contributed by atoms with Crippen LogP contribution in [-0.4, -0.2) is 24.4 Å². The lowest BCUT2D eigenvalue weighted by Gasteiger charge is -2.16. The Morgan fingerprint density at radius 2 is 2.00 bits per heavy atom. The number of nitrogens with zero attached hydrogens (tertiary/aromatic N) is 2. The summed E-state index contributed by atoms with van der Waals surface area (Å²) in [6, 6.07) is 7.59. The highest BCUT2D eigenvalue weighted by molar-refractivity contribution is 7.89. The van der Waals surface area contributed by atoms with Crippen LogP contribution in [0.4, 0.5) is 5.69 Å². The summed E-state index contributed by atoms with van der Waals surface area (Å²) in [5.41, 5.74) is 0.450. The summed E-state index contributed by atoms with van der Waals surface area (Å²) in [5, 5.41) is 11.2. The highest BCUT2D eigenvalue weighted by Gasteiger charge is 2.28. The maximum Gasteiger partial charge on any atom is 0.289 e. The van der Waals surface area contributed by atoms with E-state index in [0.717, 1.165) is 25.7 Å². The quantitative estimate of drug-likeness (QED) is 0.573. The minimum Gasteiger partial charge on any atom is -0.474 e. The maximum absolute atomic E-state index is 12.7. The Hall–Kier alpha value is -2.52. The zero-order valence-corrected chi connectivity index (χ0v) is 15.7. The van der Waals surface area contributed by atoms with Gasteiger partial charge in [-0.3, -0.25) is 10.1 Å². The monoisotopic (exact) mass is 391 g/mol.